The molecule has 4 atom stereocenters. The van der Waals surface area contributed by atoms with Gasteiger partial charge in [-0.2, -0.15) is 0 Å². The van der Waals surface area contributed by atoms with Gasteiger partial charge in [0.15, 0.2) is 0 Å². The highest BCUT2D eigenvalue weighted by molar-refractivity contribution is 6.00. The molecule has 2 aromatic rings. The number of ether oxygens (including phenoxy) is 2. The number of carbonyl (C=O) groups is 2. The van der Waals surface area contributed by atoms with Gasteiger partial charge < -0.3 is 30.1 Å². The second kappa shape index (κ2) is 11.0. The Morgan fingerprint density at radius 3 is 2.60 bits per heavy atom. The molecule has 0 aromatic heterocycles. The van der Waals surface area contributed by atoms with Crippen LogP contribution in [0.5, 0.6) is 5.75 Å². The molecule has 2 amide bonds. The molecule has 4 unspecified atom stereocenters. The first-order valence-electron chi connectivity index (χ1n) is 11.9. The summed E-state index contributed by atoms with van der Waals surface area (Å²) in [6.07, 6.45) is 1.88. The summed E-state index contributed by atoms with van der Waals surface area (Å²) in [4.78, 5) is 28.0. The van der Waals surface area contributed by atoms with Gasteiger partial charge in [-0.05, 0) is 48.6 Å². The molecule has 3 N–H and O–H groups in total. The van der Waals surface area contributed by atoms with E-state index in [1.165, 1.54) is 18.2 Å². The Bertz CT molecular complexity index is 1060. The number of aliphatic hydroxyl groups is 1. The third kappa shape index (κ3) is 5.16. The van der Waals surface area contributed by atoms with Crippen LogP contribution in [0.1, 0.15) is 44.7 Å². The topological polar surface area (TPSA) is 100 Å². The lowest BCUT2D eigenvalue weighted by Gasteiger charge is -2.34. The first kappa shape index (κ1) is 25.4. The van der Waals surface area contributed by atoms with E-state index in [9.17, 15) is 14.7 Å². The molecule has 0 aliphatic carbocycles. The van der Waals surface area contributed by atoms with Crippen LogP contribution in [-0.4, -0.2) is 72.9 Å². The summed E-state index contributed by atoms with van der Waals surface area (Å²) in [5, 5.41) is 16.8. The van der Waals surface area contributed by atoms with Gasteiger partial charge in [-0.3, -0.25) is 9.59 Å². The lowest BCUT2D eigenvalue weighted by atomic mass is 9.93. The van der Waals surface area contributed by atoms with Crippen molar-refractivity contribution in [3.63, 3.8) is 0 Å². The fourth-order valence-electron chi connectivity index (χ4n) is 5.31. The molecule has 3 aliphatic rings. The van der Waals surface area contributed by atoms with Gasteiger partial charge in [0.1, 0.15) is 5.75 Å². The number of methoxy groups -OCH3 is 1. The van der Waals surface area contributed by atoms with Gasteiger partial charge >= 0.3 is 0 Å². The number of hydrogen-bond donors (Lipinski definition) is 3. The maximum Gasteiger partial charge on any atom is 0.255 e. The molecule has 5 rings (SSSR count). The van der Waals surface area contributed by atoms with Crippen LogP contribution in [0.2, 0.25) is 0 Å². The Balaban J connectivity index is 0.00000289. The second-order valence-corrected chi connectivity index (χ2v) is 9.29. The summed E-state index contributed by atoms with van der Waals surface area (Å²) >= 11 is 0. The van der Waals surface area contributed by atoms with Gasteiger partial charge in [0, 0.05) is 24.7 Å². The number of nitrogens with one attached hydrogen (secondary N) is 2. The SMILES string of the molecule is COc1cc(C(=O)N2C3CCC2COC3)ccc1C(=O)NCC(O)C1Cc2ccccc2CN1.Cl. The maximum absolute atomic E-state index is 13.2. The van der Waals surface area contributed by atoms with Gasteiger partial charge in [0.2, 0.25) is 0 Å². The van der Waals surface area contributed by atoms with Crippen LogP contribution in [0.15, 0.2) is 42.5 Å². The van der Waals surface area contributed by atoms with Crippen LogP contribution in [0.3, 0.4) is 0 Å². The quantitative estimate of drug-likeness (QED) is 0.559. The monoisotopic (exact) mass is 501 g/mol. The molecule has 3 heterocycles. The molecule has 3 aliphatic heterocycles. The lowest BCUT2D eigenvalue weighted by Crippen LogP contribution is -2.49. The summed E-state index contributed by atoms with van der Waals surface area (Å²) in [5.41, 5.74) is 3.28. The number of fused-ring (bicyclic) bond motifs is 3. The molecule has 35 heavy (non-hydrogen) atoms. The first-order valence-corrected chi connectivity index (χ1v) is 11.9. The van der Waals surface area contributed by atoms with E-state index in [4.69, 9.17) is 9.47 Å². The van der Waals surface area contributed by atoms with Gasteiger partial charge in [-0.15, -0.1) is 12.4 Å². The minimum Gasteiger partial charge on any atom is -0.496 e. The number of benzene rings is 2. The van der Waals surface area contributed by atoms with Crippen molar-refractivity contribution in [3.8, 4) is 5.75 Å². The van der Waals surface area contributed by atoms with Crippen molar-refractivity contribution in [2.45, 2.75) is 50.0 Å². The van der Waals surface area contributed by atoms with E-state index in [0.29, 0.717) is 43.1 Å². The number of morpholine rings is 1. The number of nitrogens with zero attached hydrogens (tertiary/aromatic N) is 1. The molecule has 2 bridgehead atoms. The molecule has 2 fully saturated rings. The summed E-state index contributed by atoms with van der Waals surface area (Å²) in [6.45, 7) is 1.95. The number of halogens is 1. The fraction of sp³-hybridized carbons (Fsp3) is 0.462. The Hall–Kier alpha value is -2.65. The molecule has 188 valence electrons. The lowest BCUT2D eigenvalue weighted by molar-refractivity contribution is -0.00717. The highest BCUT2D eigenvalue weighted by atomic mass is 35.5. The Morgan fingerprint density at radius 1 is 1.17 bits per heavy atom. The molecule has 0 saturated carbocycles. The van der Waals surface area contributed by atoms with Gasteiger partial charge in [-0.1, -0.05) is 24.3 Å². The van der Waals surface area contributed by atoms with E-state index in [1.807, 2.05) is 17.0 Å². The van der Waals surface area contributed by atoms with Crippen LogP contribution in [0.25, 0.3) is 0 Å². The van der Waals surface area contributed by atoms with Crippen molar-refractivity contribution in [1.29, 1.82) is 0 Å². The molecule has 2 aromatic carbocycles. The minimum atomic E-state index is -0.735. The molecular weight excluding hydrogens is 470 g/mol. The second-order valence-electron chi connectivity index (χ2n) is 9.29. The van der Waals surface area contributed by atoms with E-state index in [0.717, 1.165) is 12.8 Å². The van der Waals surface area contributed by atoms with E-state index in [1.54, 1.807) is 18.2 Å². The van der Waals surface area contributed by atoms with Crippen molar-refractivity contribution in [2.24, 2.45) is 0 Å². The van der Waals surface area contributed by atoms with Gasteiger partial charge in [0.05, 0.1) is 44.1 Å². The van der Waals surface area contributed by atoms with Gasteiger partial charge in [0.25, 0.3) is 11.8 Å². The smallest absolute Gasteiger partial charge is 0.255 e. The standard InChI is InChI=1S/C26H31N3O5.ClH/c1-33-24-11-17(26(32)29-19-7-8-20(29)15-34-14-19)6-9-21(24)25(31)28-13-23(30)22-10-16-4-2-3-5-18(16)12-27-22;/h2-6,9,11,19-20,22-23,27,30H,7-8,10,12-15H2,1H3,(H,28,31);1H. The van der Waals surface area contributed by atoms with Crippen LogP contribution in [0.4, 0.5) is 0 Å². The molecule has 9 heteroatoms. The molecule has 2 saturated heterocycles. The molecule has 0 radical (unpaired) electrons. The predicted molar refractivity (Wildman–Crippen MR) is 133 cm³/mol. The van der Waals surface area contributed by atoms with Crippen molar-refractivity contribution in [3.05, 3.63) is 64.7 Å². The number of aliphatic hydroxyl groups excluding tert-OH is 1. The number of hydrogen-bond acceptors (Lipinski definition) is 6. The van der Waals surface area contributed by atoms with Crippen LogP contribution in [0, 0.1) is 0 Å². The predicted octanol–water partition coefficient (Wildman–Crippen LogP) is 1.93. The third-order valence-corrected chi connectivity index (χ3v) is 7.22. The first-order chi connectivity index (χ1) is 16.5. The van der Waals surface area contributed by atoms with Crippen molar-refractivity contribution >= 4 is 24.2 Å². The third-order valence-electron chi connectivity index (χ3n) is 7.22. The summed E-state index contributed by atoms with van der Waals surface area (Å²) < 4.78 is 11.0. The number of amides is 2. The number of rotatable bonds is 6. The van der Waals surface area contributed by atoms with Crippen LogP contribution < -0.4 is 15.4 Å². The van der Waals surface area contributed by atoms with Crippen LogP contribution in [-0.2, 0) is 17.7 Å². The van der Waals surface area contributed by atoms with Gasteiger partial charge in [-0.25, -0.2) is 0 Å². The Labute approximate surface area is 211 Å². The maximum atomic E-state index is 13.2. The summed E-state index contributed by atoms with van der Waals surface area (Å²) in [7, 11) is 1.48. The fourth-order valence-corrected chi connectivity index (χ4v) is 5.31. The van der Waals surface area contributed by atoms with Crippen LogP contribution >= 0.6 is 12.4 Å². The minimum absolute atomic E-state index is 0. The van der Waals surface area contributed by atoms with Crippen molar-refractivity contribution < 1.29 is 24.2 Å². The zero-order valence-electron chi connectivity index (χ0n) is 19.7. The average Bonchev–Trinajstić information content (AvgIpc) is 3.13. The van der Waals surface area contributed by atoms with E-state index >= 15 is 0 Å². The van der Waals surface area contributed by atoms with Crippen molar-refractivity contribution in [1.82, 2.24) is 15.5 Å². The Morgan fingerprint density at radius 2 is 1.89 bits per heavy atom. The largest absolute Gasteiger partial charge is 0.496 e. The van der Waals surface area contributed by atoms with E-state index < -0.39 is 6.10 Å². The highest BCUT2D eigenvalue weighted by Gasteiger charge is 2.40. The zero-order valence-corrected chi connectivity index (χ0v) is 20.6. The summed E-state index contributed by atoms with van der Waals surface area (Å²) in [5.74, 6) is -0.0687. The Kier molecular flexibility index (Phi) is 7.96. The zero-order chi connectivity index (χ0) is 23.7. The normalized spacial score (nSPS) is 23.6. The van der Waals surface area contributed by atoms with E-state index in [-0.39, 0.29) is 48.9 Å². The number of carbonyl (C=O) groups excluding carboxylic acids is 2. The van der Waals surface area contributed by atoms with Crippen molar-refractivity contribution in [2.75, 3.05) is 26.9 Å². The highest BCUT2D eigenvalue weighted by Crippen LogP contribution is 2.31. The molecular formula is C26H32ClN3O5. The summed E-state index contributed by atoms with van der Waals surface area (Å²) in [6, 6.07) is 13.2. The molecule has 0 spiro atoms. The molecule has 8 nitrogen and oxygen atoms in total. The average molecular weight is 502 g/mol. The van der Waals surface area contributed by atoms with E-state index in [2.05, 4.69) is 22.8 Å².